The Morgan fingerprint density at radius 1 is 0.846 bits per heavy atom. The van der Waals surface area contributed by atoms with Crippen molar-refractivity contribution in [2.24, 2.45) is 17.8 Å². The van der Waals surface area contributed by atoms with E-state index in [-0.39, 0.29) is 23.7 Å². The molecule has 2 aromatic carbocycles. The van der Waals surface area contributed by atoms with E-state index in [4.69, 9.17) is 4.74 Å². The smallest absolute Gasteiger partial charge is 0.237 e. The first-order valence-electron chi connectivity index (χ1n) is 9.25. The maximum absolute atomic E-state index is 12.8. The van der Waals surface area contributed by atoms with Gasteiger partial charge in [-0.25, -0.2) is 0 Å². The minimum absolute atomic E-state index is 0.0425. The van der Waals surface area contributed by atoms with E-state index in [0.717, 1.165) is 25.0 Å². The van der Waals surface area contributed by atoms with Crippen LogP contribution in [0.2, 0.25) is 0 Å². The Morgan fingerprint density at radius 3 is 2.08 bits per heavy atom. The van der Waals surface area contributed by atoms with Crippen LogP contribution in [0.4, 0.5) is 5.69 Å². The van der Waals surface area contributed by atoms with Crippen LogP contribution in [0.1, 0.15) is 31.7 Å². The van der Waals surface area contributed by atoms with Gasteiger partial charge in [-0.05, 0) is 68.5 Å². The molecule has 2 aromatic rings. The molecular weight excluding hydrogens is 326 g/mol. The number of fused-ring (bicyclic) bond motifs is 1. The number of rotatable bonds is 3. The lowest BCUT2D eigenvalue weighted by molar-refractivity contribution is -0.122. The topological polar surface area (TPSA) is 46.6 Å². The molecule has 0 spiro atoms. The number of nitrogens with zero attached hydrogens (tertiary/aromatic N) is 1. The molecule has 2 aliphatic rings. The lowest BCUT2D eigenvalue weighted by Gasteiger charge is -2.25. The molecule has 4 nitrogen and oxygen atoms in total. The van der Waals surface area contributed by atoms with Crippen molar-refractivity contribution in [1.29, 1.82) is 0 Å². The second-order valence-corrected chi connectivity index (χ2v) is 7.55. The SMILES string of the molecule is Cc1ccc(Oc2ccc(N3C(=O)[C@H]4C[C@H](C)CC[C@H]4C3=O)cc2)cc1. The Kier molecular flexibility index (Phi) is 4.27. The minimum Gasteiger partial charge on any atom is -0.457 e. The van der Waals surface area contributed by atoms with Crippen LogP contribution in [-0.2, 0) is 9.59 Å². The highest BCUT2D eigenvalue weighted by Crippen LogP contribution is 2.42. The normalized spacial score (nSPS) is 25.3. The van der Waals surface area contributed by atoms with Gasteiger partial charge in [0.15, 0.2) is 0 Å². The van der Waals surface area contributed by atoms with Crippen molar-refractivity contribution in [3.8, 4) is 11.5 Å². The fraction of sp³-hybridized carbons (Fsp3) is 0.364. The van der Waals surface area contributed by atoms with E-state index in [9.17, 15) is 9.59 Å². The van der Waals surface area contributed by atoms with Crippen molar-refractivity contribution in [3.05, 3.63) is 54.1 Å². The van der Waals surface area contributed by atoms with E-state index in [1.54, 1.807) is 24.3 Å². The van der Waals surface area contributed by atoms with Gasteiger partial charge >= 0.3 is 0 Å². The molecule has 0 radical (unpaired) electrons. The first-order valence-corrected chi connectivity index (χ1v) is 9.25. The lowest BCUT2D eigenvalue weighted by Crippen LogP contribution is -2.30. The molecule has 2 fully saturated rings. The molecule has 0 N–H and O–H groups in total. The van der Waals surface area contributed by atoms with Crippen LogP contribution in [0.3, 0.4) is 0 Å². The second kappa shape index (κ2) is 6.60. The van der Waals surface area contributed by atoms with Crippen LogP contribution in [0.15, 0.2) is 48.5 Å². The average molecular weight is 349 g/mol. The summed E-state index contributed by atoms with van der Waals surface area (Å²) in [5.41, 5.74) is 1.81. The molecule has 26 heavy (non-hydrogen) atoms. The van der Waals surface area contributed by atoms with E-state index < -0.39 is 0 Å². The van der Waals surface area contributed by atoms with Crippen LogP contribution in [0, 0.1) is 24.7 Å². The van der Waals surface area contributed by atoms with Crippen molar-refractivity contribution < 1.29 is 14.3 Å². The number of carbonyl (C=O) groups excluding carboxylic acids is 2. The monoisotopic (exact) mass is 349 g/mol. The minimum atomic E-state index is -0.144. The van der Waals surface area contributed by atoms with Crippen molar-refractivity contribution in [1.82, 2.24) is 0 Å². The molecule has 2 amide bonds. The summed E-state index contributed by atoms with van der Waals surface area (Å²) in [6, 6.07) is 15.0. The number of ether oxygens (including phenoxy) is 1. The number of amides is 2. The highest BCUT2D eigenvalue weighted by atomic mass is 16.5. The maximum atomic E-state index is 12.8. The highest BCUT2D eigenvalue weighted by molar-refractivity contribution is 6.22. The molecule has 4 rings (SSSR count). The molecular formula is C22H23NO3. The first-order chi connectivity index (χ1) is 12.5. The Hall–Kier alpha value is -2.62. The van der Waals surface area contributed by atoms with Gasteiger partial charge in [0, 0.05) is 0 Å². The fourth-order valence-electron chi connectivity index (χ4n) is 4.05. The third kappa shape index (κ3) is 3.00. The number of anilines is 1. The number of hydrogen-bond donors (Lipinski definition) is 0. The Morgan fingerprint density at radius 2 is 1.42 bits per heavy atom. The van der Waals surface area contributed by atoms with Crippen molar-refractivity contribution >= 4 is 17.5 Å². The molecule has 1 aliphatic heterocycles. The fourth-order valence-corrected chi connectivity index (χ4v) is 4.05. The second-order valence-electron chi connectivity index (χ2n) is 7.55. The van der Waals surface area contributed by atoms with Gasteiger partial charge < -0.3 is 4.74 Å². The summed E-state index contributed by atoms with van der Waals surface area (Å²) in [4.78, 5) is 26.9. The quantitative estimate of drug-likeness (QED) is 0.754. The molecule has 0 bridgehead atoms. The van der Waals surface area contributed by atoms with Crippen molar-refractivity contribution in [3.63, 3.8) is 0 Å². The van der Waals surface area contributed by atoms with Gasteiger partial charge in [0.1, 0.15) is 11.5 Å². The Labute approximate surface area is 153 Å². The summed E-state index contributed by atoms with van der Waals surface area (Å²) in [5.74, 6) is 1.59. The van der Waals surface area contributed by atoms with Gasteiger partial charge in [0.05, 0.1) is 17.5 Å². The number of hydrogen-bond acceptors (Lipinski definition) is 3. The van der Waals surface area contributed by atoms with Crippen molar-refractivity contribution in [2.45, 2.75) is 33.1 Å². The predicted molar refractivity (Wildman–Crippen MR) is 100 cm³/mol. The average Bonchev–Trinajstić information content (AvgIpc) is 2.88. The summed E-state index contributed by atoms with van der Waals surface area (Å²) >= 11 is 0. The van der Waals surface area contributed by atoms with Crippen LogP contribution < -0.4 is 9.64 Å². The molecule has 1 saturated heterocycles. The molecule has 0 aromatic heterocycles. The standard InChI is InChI=1S/C22H23NO3/c1-14-3-8-17(9-4-14)26-18-10-6-16(7-11-18)23-21(24)19-12-5-15(2)13-20(19)22(23)25/h3-4,6-11,15,19-20H,5,12-13H2,1-2H3/t15-,19-,20+/m1/s1. The number of imide groups is 1. The van der Waals surface area contributed by atoms with Gasteiger partial charge in [-0.1, -0.05) is 24.6 Å². The van der Waals surface area contributed by atoms with Gasteiger partial charge in [0.25, 0.3) is 0 Å². The summed E-state index contributed by atoms with van der Waals surface area (Å²) in [6.07, 6.45) is 2.67. The van der Waals surface area contributed by atoms with E-state index in [2.05, 4.69) is 6.92 Å². The first kappa shape index (κ1) is 16.8. The van der Waals surface area contributed by atoms with Crippen LogP contribution >= 0.6 is 0 Å². The summed E-state index contributed by atoms with van der Waals surface area (Å²) in [5, 5.41) is 0. The van der Waals surface area contributed by atoms with Gasteiger partial charge in [-0.15, -0.1) is 0 Å². The molecule has 3 atom stereocenters. The predicted octanol–water partition coefficient (Wildman–Crippen LogP) is 4.71. The number of carbonyl (C=O) groups is 2. The number of benzene rings is 2. The summed E-state index contributed by atoms with van der Waals surface area (Å²) in [6.45, 7) is 4.19. The van der Waals surface area contributed by atoms with E-state index in [1.807, 2.05) is 31.2 Å². The van der Waals surface area contributed by atoms with E-state index in [1.165, 1.54) is 10.5 Å². The third-order valence-electron chi connectivity index (χ3n) is 5.54. The molecule has 1 heterocycles. The van der Waals surface area contributed by atoms with Crippen LogP contribution in [0.5, 0.6) is 11.5 Å². The zero-order chi connectivity index (χ0) is 18.3. The molecule has 0 unspecified atom stereocenters. The van der Waals surface area contributed by atoms with E-state index >= 15 is 0 Å². The lowest BCUT2D eigenvalue weighted by atomic mass is 9.76. The summed E-state index contributed by atoms with van der Waals surface area (Å²) < 4.78 is 5.82. The third-order valence-corrected chi connectivity index (χ3v) is 5.54. The zero-order valence-electron chi connectivity index (χ0n) is 15.1. The van der Waals surface area contributed by atoms with Gasteiger partial charge in [0.2, 0.25) is 11.8 Å². The zero-order valence-corrected chi connectivity index (χ0v) is 15.1. The number of aryl methyl sites for hydroxylation is 1. The van der Waals surface area contributed by atoms with Gasteiger partial charge in [-0.3, -0.25) is 14.5 Å². The maximum Gasteiger partial charge on any atom is 0.237 e. The Bertz CT molecular complexity index is 825. The molecule has 1 aliphatic carbocycles. The Balaban J connectivity index is 1.52. The van der Waals surface area contributed by atoms with Crippen LogP contribution in [0.25, 0.3) is 0 Å². The largest absolute Gasteiger partial charge is 0.457 e. The highest BCUT2D eigenvalue weighted by Gasteiger charge is 2.49. The molecule has 1 saturated carbocycles. The summed E-state index contributed by atoms with van der Waals surface area (Å²) in [7, 11) is 0. The van der Waals surface area contributed by atoms with Gasteiger partial charge in [-0.2, -0.15) is 0 Å². The van der Waals surface area contributed by atoms with Crippen molar-refractivity contribution in [2.75, 3.05) is 4.90 Å². The molecule has 4 heteroatoms. The van der Waals surface area contributed by atoms with Crippen LogP contribution in [-0.4, -0.2) is 11.8 Å². The molecule has 134 valence electrons. The van der Waals surface area contributed by atoms with E-state index in [0.29, 0.717) is 17.4 Å².